The topological polar surface area (TPSA) is 45.7 Å². The van der Waals surface area contributed by atoms with Crippen molar-refractivity contribution in [2.45, 2.75) is 19.4 Å². The number of guanidine groups is 1. The van der Waals surface area contributed by atoms with Crippen molar-refractivity contribution >= 4 is 17.3 Å². The number of benzene rings is 1. The average molecular weight is 335 g/mol. The zero-order chi connectivity index (χ0) is 16.5. The van der Waals surface area contributed by atoms with Crippen LogP contribution < -0.4 is 15.4 Å². The Morgan fingerprint density at radius 3 is 2.78 bits per heavy atom. The Balaban J connectivity index is 1.71. The molecule has 0 fully saturated rings. The van der Waals surface area contributed by atoms with Crippen molar-refractivity contribution in [3.05, 3.63) is 52.5 Å². The number of para-hydroxylation sites is 1. The molecule has 2 aromatic rings. The number of hydrogen-bond acceptors (Lipinski definition) is 3. The van der Waals surface area contributed by atoms with Crippen molar-refractivity contribution in [3.63, 3.8) is 0 Å². The van der Waals surface area contributed by atoms with Crippen LogP contribution in [0.3, 0.4) is 0 Å². The van der Waals surface area contributed by atoms with Crippen LogP contribution in [-0.4, -0.2) is 32.2 Å². The number of rotatable bonds is 7. The first-order chi connectivity index (χ1) is 11.2. The van der Waals surface area contributed by atoms with E-state index in [4.69, 9.17) is 4.74 Å². The van der Waals surface area contributed by atoms with Gasteiger partial charge in [0.1, 0.15) is 6.10 Å². The summed E-state index contributed by atoms with van der Waals surface area (Å²) in [5.74, 6) is 0.630. The number of aliphatic imine (C=N–C) groups is 1. The Bertz CT molecular complexity index is 616. The molecule has 124 valence electrons. The van der Waals surface area contributed by atoms with Gasteiger partial charge in [0.25, 0.3) is 0 Å². The van der Waals surface area contributed by atoms with Gasteiger partial charge in [0.2, 0.25) is 0 Å². The largest absolute Gasteiger partial charge is 0.486 e. The minimum Gasteiger partial charge on any atom is -0.486 e. The molecule has 0 saturated heterocycles. The van der Waals surface area contributed by atoms with Crippen LogP contribution in [0.15, 0.2) is 46.8 Å². The molecule has 2 N–H and O–H groups in total. The maximum atomic E-state index is 13.5. The molecule has 4 nitrogen and oxygen atoms in total. The van der Waals surface area contributed by atoms with Crippen LogP contribution in [0, 0.1) is 5.82 Å². The second-order valence-corrected chi connectivity index (χ2v) is 6.10. The predicted octanol–water partition coefficient (Wildman–Crippen LogP) is 3.06. The second-order valence-electron chi connectivity index (χ2n) is 5.07. The quantitative estimate of drug-likeness (QED) is 0.604. The summed E-state index contributed by atoms with van der Waals surface area (Å²) in [5.41, 5.74) is 0. The second kappa shape index (κ2) is 9.15. The lowest BCUT2D eigenvalue weighted by atomic mass is 10.3. The van der Waals surface area contributed by atoms with Crippen LogP contribution in [0.25, 0.3) is 0 Å². The number of hydrogen-bond donors (Lipinski definition) is 2. The molecule has 1 aromatic heterocycles. The third-order valence-corrected chi connectivity index (χ3v) is 4.13. The summed E-state index contributed by atoms with van der Waals surface area (Å²) in [6.07, 6.45) is 0.780. The molecule has 0 aliphatic rings. The predicted molar refractivity (Wildman–Crippen MR) is 93.9 cm³/mol. The molecule has 1 heterocycles. The van der Waals surface area contributed by atoms with Crippen LogP contribution in [0.2, 0.25) is 0 Å². The van der Waals surface area contributed by atoms with E-state index < -0.39 is 0 Å². The van der Waals surface area contributed by atoms with Gasteiger partial charge in [0, 0.05) is 18.5 Å². The van der Waals surface area contributed by atoms with E-state index in [-0.39, 0.29) is 17.7 Å². The zero-order valence-corrected chi connectivity index (χ0v) is 14.2. The Morgan fingerprint density at radius 2 is 2.09 bits per heavy atom. The molecule has 1 aromatic carbocycles. The van der Waals surface area contributed by atoms with Gasteiger partial charge in [-0.05, 0) is 36.9 Å². The number of nitrogens with zero attached hydrogens (tertiary/aromatic N) is 1. The van der Waals surface area contributed by atoms with E-state index in [2.05, 4.69) is 33.1 Å². The zero-order valence-electron chi connectivity index (χ0n) is 13.4. The maximum Gasteiger partial charge on any atom is 0.191 e. The standard InChI is InChI=1S/C17H22FN3OS/c1-13(22-16-8-4-3-7-15(16)18)12-21-17(19-2)20-10-9-14-6-5-11-23-14/h3-8,11,13H,9-10,12H2,1-2H3,(H2,19,20,21). The van der Waals surface area contributed by atoms with E-state index in [1.165, 1.54) is 10.9 Å². The molecule has 1 unspecified atom stereocenters. The van der Waals surface area contributed by atoms with Gasteiger partial charge in [-0.2, -0.15) is 0 Å². The minimum absolute atomic E-state index is 0.178. The number of nitrogens with one attached hydrogen (secondary N) is 2. The van der Waals surface area contributed by atoms with E-state index in [0.717, 1.165) is 13.0 Å². The number of halogens is 1. The van der Waals surface area contributed by atoms with E-state index in [1.807, 2.05) is 6.92 Å². The molecule has 1 atom stereocenters. The Hall–Kier alpha value is -2.08. The highest BCUT2D eigenvalue weighted by atomic mass is 32.1. The maximum absolute atomic E-state index is 13.5. The normalized spacial score (nSPS) is 12.7. The van der Waals surface area contributed by atoms with Crippen molar-refractivity contribution in [2.24, 2.45) is 4.99 Å². The summed E-state index contributed by atoms with van der Waals surface area (Å²) in [6.45, 7) is 3.23. The average Bonchev–Trinajstić information content (AvgIpc) is 3.06. The summed E-state index contributed by atoms with van der Waals surface area (Å²) in [6, 6.07) is 10.6. The third kappa shape index (κ3) is 5.90. The highest BCUT2D eigenvalue weighted by Gasteiger charge is 2.08. The molecule has 0 spiro atoms. The molecule has 0 saturated carbocycles. The van der Waals surface area contributed by atoms with Gasteiger partial charge in [-0.3, -0.25) is 4.99 Å². The Kier molecular flexibility index (Phi) is 6.87. The van der Waals surface area contributed by atoms with Crippen LogP contribution in [0.1, 0.15) is 11.8 Å². The Morgan fingerprint density at radius 1 is 1.26 bits per heavy atom. The van der Waals surface area contributed by atoms with Gasteiger partial charge >= 0.3 is 0 Å². The number of ether oxygens (including phenoxy) is 1. The van der Waals surface area contributed by atoms with Crippen molar-refractivity contribution in [3.8, 4) is 5.75 Å². The van der Waals surface area contributed by atoms with Gasteiger partial charge in [0.15, 0.2) is 17.5 Å². The van der Waals surface area contributed by atoms with Gasteiger partial charge in [-0.25, -0.2) is 4.39 Å². The lowest BCUT2D eigenvalue weighted by Gasteiger charge is -2.18. The fraction of sp³-hybridized carbons (Fsp3) is 0.353. The molecule has 6 heteroatoms. The van der Waals surface area contributed by atoms with Gasteiger partial charge in [-0.15, -0.1) is 11.3 Å². The van der Waals surface area contributed by atoms with Crippen molar-refractivity contribution in [1.82, 2.24) is 10.6 Å². The summed E-state index contributed by atoms with van der Waals surface area (Å²) in [7, 11) is 1.73. The monoisotopic (exact) mass is 335 g/mol. The third-order valence-electron chi connectivity index (χ3n) is 3.19. The molecule has 0 amide bonds. The smallest absolute Gasteiger partial charge is 0.191 e. The fourth-order valence-corrected chi connectivity index (χ4v) is 2.73. The summed E-state index contributed by atoms with van der Waals surface area (Å²) >= 11 is 1.75. The van der Waals surface area contributed by atoms with Crippen LogP contribution in [0.5, 0.6) is 5.75 Å². The molecule has 0 aliphatic carbocycles. The molecule has 0 radical (unpaired) electrons. The van der Waals surface area contributed by atoms with E-state index in [0.29, 0.717) is 12.5 Å². The first-order valence-corrected chi connectivity index (χ1v) is 8.45. The summed E-state index contributed by atoms with van der Waals surface area (Å²) in [4.78, 5) is 5.51. The molecule has 23 heavy (non-hydrogen) atoms. The SMILES string of the molecule is CN=C(NCCc1cccs1)NCC(C)Oc1ccccc1F. The van der Waals surface area contributed by atoms with Crippen molar-refractivity contribution in [2.75, 3.05) is 20.1 Å². The van der Waals surface area contributed by atoms with Crippen LogP contribution >= 0.6 is 11.3 Å². The van der Waals surface area contributed by atoms with Crippen molar-refractivity contribution in [1.29, 1.82) is 0 Å². The first kappa shape index (κ1) is 17.3. The van der Waals surface area contributed by atoms with Crippen LogP contribution in [-0.2, 0) is 6.42 Å². The number of thiophene rings is 1. The van der Waals surface area contributed by atoms with Crippen LogP contribution in [0.4, 0.5) is 4.39 Å². The van der Waals surface area contributed by atoms with E-state index >= 15 is 0 Å². The molecule has 0 aliphatic heterocycles. The van der Waals surface area contributed by atoms with Gasteiger partial charge in [0.05, 0.1) is 6.54 Å². The first-order valence-electron chi connectivity index (χ1n) is 7.57. The van der Waals surface area contributed by atoms with E-state index in [9.17, 15) is 4.39 Å². The van der Waals surface area contributed by atoms with E-state index in [1.54, 1.807) is 36.6 Å². The lowest BCUT2D eigenvalue weighted by Crippen LogP contribution is -2.42. The highest BCUT2D eigenvalue weighted by molar-refractivity contribution is 7.09. The highest BCUT2D eigenvalue weighted by Crippen LogP contribution is 2.16. The fourth-order valence-electron chi connectivity index (χ4n) is 2.02. The molecule has 2 rings (SSSR count). The van der Waals surface area contributed by atoms with Crippen molar-refractivity contribution < 1.29 is 9.13 Å². The minimum atomic E-state index is -0.349. The molecule has 0 bridgehead atoms. The van der Waals surface area contributed by atoms with Gasteiger partial charge < -0.3 is 15.4 Å². The van der Waals surface area contributed by atoms with Gasteiger partial charge in [-0.1, -0.05) is 18.2 Å². The molecular weight excluding hydrogens is 313 g/mol. The Labute approximate surface area is 140 Å². The summed E-state index contributed by atoms with van der Waals surface area (Å²) in [5, 5.41) is 8.51. The summed E-state index contributed by atoms with van der Waals surface area (Å²) < 4.78 is 19.1. The lowest BCUT2D eigenvalue weighted by molar-refractivity contribution is 0.214. The molecular formula is C17H22FN3OS.